The van der Waals surface area contributed by atoms with Crippen LogP contribution in [0.3, 0.4) is 0 Å². The second-order valence-corrected chi connectivity index (χ2v) is 7.26. The van der Waals surface area contributed by atoms with Gasteiger partial charge in [-0.3, -0.25) is 0 Å². The van der Waals surface area contributed by atoms with Gasteiger partial charge in [-0.05, 0) is 37.5 Å². The normalized spacial score (nSPS) is 22.9. The maximum absolute atomic E-state index is 13.9. The molecule has 1 aliphatic heterocycles. The van der Waals surface area contributed by atoms with Crippen molar-refractivity contribution in [3.63, 3.8) is 0 Å². The number of hydrogen-bond donors (Lipinski definition) is 1. The summed E-state index contributed by atoms with van der Waals surface area (Å²) in [5.74, 6) is 4.38. The number of aliphatic hydroxyl groups is 1. The summed E-state index contributed by atoms with van der Waals surface area (Å²) in [7, 11) is -3.68. The Kier molecular flexibility index (Phi) is 4.67. The molecule has 0 amide bonds. The summed E-state index contributed by atoms with van der Waals surface area (Å²) in [6.07, 6.45) is 0.807. The van der Waals surface area contributed by atoms with Gasteiger partial charge in [-0.25, -0.2) is 12.8 Å². The van der Waals surface area contributed by atoms with Crippen molar-refractivity contribution >= 4 is 10.0 Å². The SMILES string of the molecule is CC1CC(C)N(S(=O)(=O)c2ccc(C#CCO)c(F)c2)C1. The molecule has 6 heteroatoms. The van der Waals surface area contributed by atoms with Crippen LogP contribution in [0.4, 0.5) is 4.39 Å². The molecular formula is C15H18FNO3S. The molecule has 1 aliphatic rings. The molecule has 1 N–H and O–H groups in total. The van der Waals surface area contributed by atoms with Gasteiger partial charge in [0, 0.05) is 12.6 Å². The predicted molar refractivity (Wildman–Crippen MR) is 77.5 cm³/mol. The standard InChI is InChI=1S/C15H18FNO3S/c1-11-8-12(2)17(10-11)21(19,20)14-6-5-13(4-3-7-18)15(16)9-14/h5-6,9,11-12,18H,7-8,10H2,1-2H3. The quantitative estimate of drug-likeness (QED) is 0.844. The first-order valence-corrected chi connectivity index (χ1v) is 8.21. The van der Waals surface area contributed by atoms with Gasteiger partial charge in [0.2, 0.25) is 10.0 Å². The van der Waals surface area contributed by atoms with Crippen molar-refractivity contribution in [1.29, 1.82) is 0 Å². The summed E-state index contributed by atoms with van der Waals surface area (Å²) in [5.41, 5.74) is 0.0749. The van der Waals surface area contributed by atoms with Gasteiger partial charge < -0.3 is 5.11 Å². The molecule has 0 radical (unpaired) electrons. The fourth-order valence-electron chi connectivity index (χ4n) is 2.62. The third kappa shape index (κ3) is 3.26. The zero-order valence-corrected chi connectivity index (χ0v) is 12.8. The van der Waals surface area contributed by atoms with E-state index in [1.807, 2.05) is 13.8 Å². The Balaban J connectivity index is 2.35. The molecule has 0 aromatic heterocycles. The minimum Gasteiger partial charge on any atom is -0.384 e. The Morgan fingerprint density at radius 1 is 1.43 bits per heavy atom. The smallest absolute Gasteiger partial charge is 0.243 e. The van der Waals surface area contributed by atoms with E-state index in [1.54, 1.807) is 0 Å². The van der Waals surface area contributed by atoms with Gasteiger partial charge in [0.15, 0.2) is 0 Å². The van der Waals surface area contributed by atoms with E-state index in [0.717, 1.165) is 12.5 Å². The Bertz CT molecular complexity index is 691. The third-order valence-corrected chi connectivity index (χ3v) is 5.55. The molecule has 2 rings (SSSR count). The molecule has 2 atom stereocenters. The van der Waals surface area contributed by atoms with E-state index in [2.05, 4.69) is 11.8 Å². The van der Waals surface area contributed by atoms with E-state index >= 15 is 0 Å². The Morgan fingerprint density at radius 3 is 2.67 bits per heavy atom. The van der Waals surface area contributed by atoms with E-state index < -0.39 is 15.8 Å². The predicted octanol–water partition coefficient (Wildman–Crippen LogP) is 1.59. The largest absolute Gasteiger partial charge is 0.384 e. The van der Waals surface area contributed by atoms with Gasteiger partial charge in [0.25, 0.3) is 0 Å². The summed E-state index contributed by atoms with van der Waals surface area (Å²) < 4.78 is 40.4. The van der Waals surface area contributed by atoms with Crippen LogP contribution >= 0.6 is 0 Å². The maximum atomic E-state index is 13.9. The van der Waals surface area contributed by atoms with Gasteiger partial charge in [-0.15, -0.1) is 0 Å². The third-order valence-electron chi connectivity index (χ3n) is 3.58. The fraction of sp³-hybridized carbons (Fsp3) is 0.467. The highest BCUT2D eigenvalue weighted by molar-refractivity contribution is 7.89. The van der Waals surface area contributed by atoms with E-state index in [0.29, 0.717) is 12.5 Å². The monoisotopic (exact) mass is 311 g/mol. The van der Waals surface area contributed by atoms with Crippen molar-refractivity contribution in [2.24, 2.45) is 5.92 Å². The van der Waals surface area contributed by atoms with Crippen molar-refractivity contribution in [3.8, 4) is 11.8 Å². The van der Waals surface area contributed by atoms with Gasteiger partial charge in [-0.2, -0.15) is 4.31 Å². The summed E-state index contributed by atoms with van der Waals surface area (Å²) in [6, 6.07) is 3.60. The first-order valence-electron chi connectivity index (χ1n) is 6.77. The Hall–Kier alpha value is -1.42. The first-order chi connectivity index (χ1) is 9.86. The molecule has 0 saturated carbocycles. The van der Waals surface area contributed by atoms with Crippen LogP contribution in [0.1, 0.15) is 25.8 Å². The minimum atomic E-state index is -3.68. The Morgan fingerprint density at radius 2 is 2.14 bits per heavy atom. The van der Waals surface area contributed by atoms with Crippen molar-refractivity contribution in [1.82, 2.24) is 4.31 Å². The molecule has 114 valence electrons. The van der Waals surface area contributed by atoms with Crippen LogP contribution in [0.2, 0.25) is 0 Å². The van der Waals surface area contributed by atoms with Crippen LogP contribution in [0.25, 0.3) is 0 Å². The number of halogens is 1. The van der Waals surface area contributed by atoms with E-state index in [1.165, 1.54) is 16.4 Å². The Labute approximate surface area is 124 Å². The topological polar surface area (TPSA) is 57.6 Å². The summed E-state index contributed by atoms with van der Waals surface area (Å²) in [6.45, 7) is 3.94. The van der Waals surface area contributed by atoms with Crippen LogP contribution < -0.4 is 0 Å². The lowest BCUT2D eigenvalue weighted by molar-refractivity contribution is 0.350. The van der Waals surface area contributed by atoms with Gasteiger partial charge in [0.1, 0.15) is 12.4 Å². The van der Waals surface area contributed by atoms with Gasteiger partial charge in [0.05, 0.1) is 10.5 Å². The van der Waals surface area contributed by atoms with Crippen LogP contribution in [0.5, 0.6) is 0 Å². The molecule has 1 heterocycles. The molecular weight excluding hydrogens is 293 g/mol. The number of benzene rings is 1. The minimum absolute atomic E-state index is 0.0597. The zero-order valence-electron chi connectivity index (χ0n) is 12.0. The average Bonchev–Trinajstić information content (AvgIpc) is 2.77. The molecule has 21 heavy (non-hydrogen) atoms. The highest BCUT2D eigenvalue weighted by Crippen LogP contribution is 2.29. The van der Waals surface area contributed by atoms with E-state index in [9.17, 15) is 12.8 Å². The number of hydrogen-bond acceptors (Lipinski definition) is 3. The molecule has 0 aliphatic carbocycles. The van der Waals surface area contributed by atoms with Crippen LogP contribution in [-0.4, -0.2) is 37.0 Å². The molecule has 2 unspecified atom stereocenters. The molecule has 0 bridgehead atoms. The lowest BCUT2D eigenvalue weighted by atomic mass is 10.1. The van der Waals surface area contributed by atoms with Crippen molar-refractivity contribution < 1.29 is 17.9 Å². The average molecular weight is 311 g/mol. The lowest BCUT2D eigenvalue weighted by Gasteiger charge is -2.21. The molecule has 1 aromatic carbocycles. The van der Waals surface area contributed by atoms with Crippen molar-refractivity contribution in [3.05, 3.63) is 29.6 Å². The van der Waals surface area contributed by atoms with E-state index in [-0.39, 0.29) is 23.1 Å². The number of sulfonamides is 1. The van der Waals surface area contributed by atoms with E-state index in [4.69, 9.17) is 5.11 Å². The molecule has 1 saturated heterocycles. The molecule has 1 fully saturated rings. The molecule has 4 nitrogen and oxygen atoms in total. The van der Waals surface area contributed by atoms with Crippen LogP contribution in [0, 0.1) is 23.6 Å². The number of rotatable bonds is 2. The lowest BCUT2D eigenvalue weighted by Crippen LogP contribution is -2.34. The van der Waals surface area contributed by atoms with Crippen LogP contribution in [0.15, 0.2) is 23.1 Å². The van der Waals surface area contributed by atoms with Gasteiger partial charge in [-0.1, -0.05) is 18.8 Å². The highest BCUT2D eigenvalue weighted by Gasteiger charge is 2.36. The number of nitrogens with zero attached hydrogens (tertiary/aromatic N) is 1. The molecule has 0 spiro atoms. The molecule has 1 aromatic rings. The van der Waals surface area contributed by atoms with Gasteiger partial charge >= 0.3 is 0 Å². The second kappa shape index (κ2) is 6.14. The first kappa shape index (κ1) is 16.0. The number of aliphatic hydroxyl groups excluding tert-OH is 1. The summed E-state index contributed by atoms with van der Waals surface area (Å²) in [4.78, 5) is -0.0597. The summed E-state index contributed by atoms with van der Waals surface area (Å²) >= 11 is 0. The highest BCUT2D eigenvalue weighted by atomic mass is 32.2. The second-order valence-electron chi connectivity index (χ2n) is 5.37. The van der Waals surface area contributed by atoms with Crippen molar-refractivity contribution in [2.45, 2.75) is 31.2 Å². The van der Waals surface area contributed by atoms with Crippen LogP contribution in [-0.2, 0) is 10.0 Å². The summed E-state index contributed by atoms with van der Waals surface area (Å²) in [5, 5.41) is 8.60. The fourth-order valence-corrected chi connectivity index (χ4v) is 4.40. The van der Waals surface area contributed by atoms with Crippen molar-refractivity contribution in [2.75, 3.05) is 13.2 Å². The zero-order chi connectivity index (χ0) is 15.6. The maximum Gasteiger partial charge on any atom is 0.243 e.